The highest BCUT2D eigenvalue weighted by atomic mass is 32.2. The molecule has 0 saturated heterocycles. The van der Waals surface area contributed by atoms with Crippen LogP contribution >= 0.6 is 0 Å². The predicted molar refractivity (Wildman–Crippen MR) is 132 cm³/mol. The summed E-state index contributed by atoms with van der Waals surface area (Å²) in [5.41, 5.74) is 0.828. The first-order valence-electron chi connectivity index (χ1n) is 13.5. The molecule has 4 aliphatic carbocycles. The number of rotatable bonds is 7. The zero-order chi connectivity index (χ0) is 24.0. The number of hydrogen-bond acceptors (Lipinski definition) is 4. The third-order valence-corrected chi connectivity index (χ3v) is 11.8. The molecule has 4 rings (SSSR count). The summed E-state index contributed by atoms with van der Waals surface area (Å²) in [6, 6.07) is 0.130. The van der Waals surface area contributed by atoms with Gasteiger partial charge in [0.05, 0.1) is 13.4 Å². The van der Waals surface area contributed by atoms with Crippen molar-refractivity contribution in [3.05, 3.63) is 0 Å². The van der Waals surface area contributed by atoms with Crippen LogP contribution in [0, 0.1) is 46.3 Å². The van der Waals surface area contributed by atoms with Crippen molar-refractivity contribution in [2.75, 3.05) is 13.4 Å². The Bertz CT molecular complexity index is 828. The van der Waals surface area contributed by atoms with E-state index in [1.165, 1.54) is 58.3 Å². The molecule has 33 heavy (non-hydrogen) atoms. The van der Waals surface area contributed by atoms with E-state index in [-0.39, 0.29) is 12.0 Å². The van der Waals surface area contributed by atoms with Gasteiger partial charge in [-0.1, -0.05) is 20.8 Å². The van der Waals surface area contributed by atoms with Crippen molar-refractivity contribution in [3.63, 3.8) is 0 Å². The van der Waals surface area contributed by atoms with Crippen LogP contribution in [0.15, 0.2) is 0 Å². The fraction of sp³-hybridized carbons (Fsp3) is 0.963. The van der Waals surface area contributed by atoms with Gasteiger partial charge in [0.25, 0.3) is 0 Å². The monoisotopic (exact) mass is 481 g/mol. The molecule has 0 radical (unpaired) electrons. The Kier molecular flexibility index (Phi) is 7.29. The van der Waals surface area contributed by atoms with Gasteiger partial charge in [-0.15, -0.1) is 0 Å². The standard InChI is InChI=1S/C27H47NO4S/c1-18(7-6-8-25(29)32-4)22-11-12-23-21-10-9-19-17-20(28-33(5,30)31)13-15-26(19,2)24(21)14-16-27(22,23)3/h18-24,28H,6-17H2,1-5H3/t18-,19?,20?,21+,22-,23+,24+,26+,27-/m1/s1. The number of sulfonamides is 1. The summed E-state index contributed by atoms with van der Waals surface area (Å²) in [6.07, 6.45) is 15.1. The van der Waals surface area contributed by atoms with E-state index in [4.69, 9.17) is 4.74 Å². The normalized spacial score (nSPS) is 43.8. The third kappa shape index (κ3) is 4.90. The van der Waals surface area contributed by atoms with E-state index in [2.05, 4.69) is 25.5 Å². The van der Waals surface area contributed by atoms with E-state index in [9.17, 15) is 13.2 Å². The van der Waals surface area contributed by atoms with Gasteiger partial charge < -0.3 is 4.74 Å². The molecule has 0 amide bonds. The summed E-state index contributed by atoms with van der Waals surface area (Å²) in [5.74, 6) is 4.52. The lowest BCUT2D eigenvalue weighted by molar-refractivity contribution is -0.140. The maximum atomic E-state index is 11.8. The molecule has 2 unspecified atom stereocenters. The Labute approximate surface area is 202 Å². The first-order valence-corrected chi connectivity index (χ1v) is 15.4. The number of esters is 1. The van der Waals surface area contributed by atoms with Crippen molar-refractivity contribution in [1.29, 1.82) is 0 Å². The molecule has 0 aromatic rings. The molecular formula is C27H47NO4S. The van der Waals surface area contributed by atoms with E-state index in [1.807, 2.05) is 0 Å². The van der Waals surface area contributed by atoms with Gasteiger partial charge in [0, 0.05) is 12.5 Å². The van der Waals surface area contributed by atoms with Gasteiger partial charge in [0.15, 0.2) is 0 Å². The Hall–Kier alpha value is -0.620. The largest absolute Gasteiger partial charge is 0.469 e. The van der Waals surface area contributed by atoms with E-state index >= 15 is 0 Å². The van der Waals surface area contributed by atoms with Gasteiger partial charge >= 0.3 is 5.97 Å². The highest BCUT2D eigenvalue weighted by molar-refractivity contribution is 7.88. The smallest absolute Gasteiger partial charge is 0.305 e. The number of methoxy groups -OCH3 is 1. The highest BCUT2D eigenvalue weighted by Gasteiger charge is 2.60. The molecule has 0 aliphatic heterocycles. The van der Waals surface area contributed by atoms with Crippen molar-refractivity contribution >= 4 is 16.0 Å². The molecule has 0 aromatic carbocycles. The van der Waals surface area contributed by atoms with E-state index < -0.39 is 10.0 Å². The van der Waals surface area contributed by atoms with E-state index in [1.54, 1.807) is 0 Å². The number of ether oxygens (including phenoxy) is 1. The van der Waals surface area contributed by atoms with Crippen molar-refractivity contribution in [2.24, 2.45) is 46.3 Å². The summed E-state index contributed by atoms with van der Waals surface area (Å²) in [7, 11) is -1.64. The first-order chi connectivity index (χ1) is 15.5. The summed E-state index contributed by atoms with van der Waals surface area (Å²) in [6.45, 7) is 7.58. The lowest BCUT2D eigenvalue weighted by Crippen LogP contribution is -2.55. The molecule has 1 N–H and O–H groups in total. The lowest BCUT2D eigenvalue weighted by Gasteiger charge is -2.61. The van der Waals surface area contributed by atoms with Gasteiger partial charge in [-0.3, -0.25) is 4.79 Å². The average Bonchev–Trinajstić information content (AvgIpc) is 3.10. The average molecular weight is 482 g/mol. The third-order valence-electron chi connectivity index (χ3n) is 11.1. The Morgan fingerprint density at radius 3 is 2.42 bits per heavy atom. The quantitative estimate of drug-likeness (QED) is 0.484. The van der Waals surface area contributed by atoms with Crippen molar-refractivity contribution in [1.82, 2.24) is 4.72 Å². The minimum atomic E-state index is -3.13. The van der Waals surface area contributed by atoms with Gasteiger partial charge in [0.1, 0.15) is 0 Å². The van der Waals surface area contributed by atoms with Crippen molar-refractivity contribution < 1.29 is 17.9 Å². The first kappa shape index (κ1) is 25.5. The molecule has 4 aliphatic rings. The van der Waals surface area contributed by atoms with Gasteiger partial charge in [0.2, 0.25) is 10.0 Å². The summed E-state index contributed by atoms with van der Waals surface area (Å²) in [4.78, 5) is 11.5. The Morgan fingerprint density at radius 1 is 1.03 bits per heavy atom. The minimum absolute atomic E-state index is 0.0790. The summed E-state index contributed by atoms with van der Waals surface area (Å²) >= 11 is 0. The molecule has 6 heteroatoms. The summed E-state index contributed by atoms with van der Waals surface area (Å²) in [5, 5.41) is 0. The van der Waals surface area contributed by atoms with Crippen LogP contribution in [-0.2, 0) is 19.6 Å². The molecule has 4 fully saturated rings. The number of nitrogens with one attached hydrogen (secondary N) is 1. The fourth-order valence-corrected chi connectivity index (χ4v) is 10.3. The predicted octanol–water partition coefficient (Wildman–Crippen LogP) is 5.54. The van der Waals surface area contributed by atoms with Gasteiger partial charge in [-0.05, 0) is 117 Å². The SMILES string of the molecule is COC(=O)CCC[C@@H](C)[C@H]1CC[C@H]2[C@@H]3CCC4CC(NS(C)(=O)=O)CC[C@]4(C)[C@H]3CC[C@]12C. The molecule has 190 valence electrons. The molecule has 0 bridgehead atoms. The van der Waals surface area contributed by atoms with Crippen molar-refractivity contribution in [3.8, 4) is 0 Å². The van der Waals surface area contributed by atoms with Crippen LogP contribution in [0.1, 0.15) is 97.8 Å². The maximum Gasteiger partial charge on any atom is 0.305 e. The zero-order valence-electron chi connectivity index (χ0n) is 21.6. The second-order valence-electron chi connectivity index (χ2n) is 12.7. The van der Waals surface area contributed by atoms with Crippen LogP contribution < -0.4 is 4.72 Å². The van der Waals surface area contributed by atoms with Gasteiger partial charge in [-0.25, -0.2) is 13.1 Å². The van der Waals surface area contributed by atoms with Crippen LogP contribution in [0.3, 0.4) is 0 Å². The second-order valence-corrected chi connectivity index (χ2v) is 14.5. The minimum Gasteiger partial charge on any atom is -0.469 e. The number of carbonyl (C=O) groups is 1. The lowest BCUT2D eigenvalue weighted by atomic mass is 9.44. The van der Waals surface area contributed by atoms with E-state index in [0.29, 0.717) is 29.1 Å². The van der Waals surface area contributed by atoms with Gasteiger partial charge in [-0.2, -0.15) is 0 Å². The molecule has 4 saturated carbocycles. The highest BCUT2D eigenvalue weighted by Crippen LogP contribution is 2.68. The maximum absolute atomic E-state index is 11.8. The van der Waals surface area contributed by atoms with Crippen LogP contribution in [0.4, 0.5) is 0 Å². The van der Waals surface area contributed by atoms with Crippen LogP contribution in [-0.4, -0.2) is 33.8 Å². The van der Waals surface area contributed by atoms with Crippen LogP contribution in [0.25, 0.3) is 0 Å². The van der Waals surface area contributed by atoms with E-state index in [0.717, 1.165) is 49.4 Å². The number of fused-ring (bicyclic) bond motifs is 5. The van der Waals surface area contributed by atoms with Crippen LogP contribution in [0.2, 0.25) is 0 Å². The molecule has 5 nitrogen and oxygen atoms in total. The Morgan fingerprint density at radius 2 is 1.73 bits per heavy atom. The van der Waals surface area contributed by atoms with Crippen LogP contribution in [0.5, 0.6) is 0 Å². The molecule has 0 aromatic heterocycles. The van der Waals surface area contributed by atoms with Crippen molar-refractivity contribution in [2.45, 2.75) is 104 Å². The molecule has 0 heterocycles. The Balaban J connectivity index is 1.42. The fourth-order valence-electron chi connectivity index (χ4n) is 9.51. The molecule has 0 spiro atoms. The summed E-state index contributed by atoms with van der Waals surface area (Å²) < 4.78 is 31.3. The molecular weight excluding hydrogens is 434 g/mol. The zero-order valence-corrected chi connectivity index (χ0v) is 22.4. The topological polar surface area (TPSA) is 72.5 Å². The number of carbonyl (C=O) groups excluding carboxylic acids is 1. The molecule has 9 atom stereocenters. The second kappa shape index (κ2) is 9.44. The number of hydrogen-bond donors (Lipinski definition) is 1.